The molecule has 74 valence electrons. The molecule has 1 saturated heterocycles. The van der Waals surface area contributed by atoms with Crippen molar-refractivity contribution in [2.45, 2.75) is 26.1 Å². The van der Waals surface area contributed by atoms with Crippen LogP contribution in [0.25, 0.3) is 0 Å². The summed E-state index contributed by atoms with van der Waals surface area (Å²) in [5.74, 6) is 0.102. The van der Waals surface area contributed by atoms with Crippen molar-refractivity contribution in [3.05, 3.63) is 0 Å². The zero-order valence-corrected chi connectivity index (χ0v) is 7.63. The zero-order chi connectivity index (χ0) is 10.0. The third-order valence-electron chi connectivity index (χ3n) is 2.26. The molecule has 1 fully saturated rings. The molecule has 6 nitrogen and oxygen atoms in total. The molecule has 4 amide bonds. The van der Waals surface area contributed by atoms with E-state index >= 15 is 0 Å². The Hall–Kier alpha value is -1.46. The Morgan fingerprint density at radius 2 is 2.08 bits per heavy atom. The number of amides is 4. The molecule has 0 spiro atoms. The molecule has 0 aromatic carbocycles. The zero-order valence-electron chi connectivity index (χ0n) is 7.63. The van der Waals surface area contributed by atoms with Gasteiger partial charge < -0.3 is 21.7 Å². The van der Waals surface area contributed by atoms with Crippen molar-refractivity contribution >= 4 is 12.1 Å². The Bertz CT molecular complexity index is 229. The lowest BCUT2D eigenvalue weighted by molar-refractivity contribution is 0.187. The van der Waals surface area contributed by atoms with Gasteiger partial charge in [-0.3, -0.25) is 0 Å². The number of carbonyl (C=O) groups is 2. The van der Waals surface area contributed by atoms with Gasteiger partial charge in [-0.15, -0.1) is 0 Å². The maximum Gasteiger partial charge on any atom is 0.316 e. The van der Waals surface area contributed by atoms with E-state index in [-0.39, 0.29) is 24.2 Å². The molecular weight excluding hydrogens is 172 g/mol. The molecule has 0 aromatic rings. The lowest BCUT2D eigenvalue weighted by Crippen LogP contribution is -2.64. The van der Waals surface area contributed by atoms with Crippen LogP contribution in [-0.2, 0) is 0 Å². The van der Waals surface area contributed by atoms with Crippen LogP contribution in [0.1, 0.15) is 13.8 Å². The van der Waals surface area contributed by atoms with Gasteiger partial charge in [0.1, 0.15) is 6.17 Å². The predicted molar refractivity (Wildman–Crippen MR) is 46.8 cm³/mol. The molecule has 1 heterocycles. The van der Waals surface area contributed by atoms with E-state index in [2.05, 4.69) is 16.0 Å². The van der Waals surface area contributed by atoms with E-state index in [1.807, 2.05) is 13.8 Å². The smallest absolute Gasteiger partial charge is 0.316 e. The Balaban J connectivity index is 2.60. The Morgan fingerprint density at radius 1 is 1.46 bits per heavy atom. The Labute approximate surface area is 76.2 Å². The second kappa shape index (κ2) is 3.51. The van der Waals surface area contributed by atoms with Gasteiger partial charge in [0.2, 0.25) is 0 Å². The van der Waals surface area contributed by atoms with Crippen molar-refractivity contribution in [1.82, 2.24) is 16.0 Å². The van der Waals surface area contributed by atoms with Crippen LogP contribution in [0, 0.1) is 5.92 Å². The normalized spacial score (nSPS) is 33.1. The van der Waals surface area contributed by atoms with Crippen LogP contribution in [0.2, 0.25) is 0 Å². The van der Waals surface area contributed by atoms with E-state index in [1.165, 1.54) is 0 Å². The topological polar surface area (TPSA) is 96.2 Å². The number of hydrogen-bond acceptors (Lipinski definition) is 2. The SMILES string of the molecule is CC1NC(=O)NC(NC(N)=O)C1C. The molecule has 0 aromatic heterocycles. The van der Waals surface area contributed by atoms with E-state index in [0.29, 0.717) is 0 Å². The maximum atomic E-state index is 11.0. The summed E-state index contributed by atoms with van der Waals surface area (Å²) in [5.41, 5.74) is 4.95. The molecule has 0 saturated carbocycles. The highest BCUT2D eigenvalue weighted by atomic mass is 16.2. The molecular formula is C7H14N4O2. The fourth-order valence-electron chi connectivity index (χ4n) is 1.26. The fourth-order valence-corrected chi connectivity index (χ4v) is 1.26. The lowest BCUT2D eigenvalue weighted by Gasteiger charge is -2.35. The molecule has 5 N–H and O–H groups in total. The molecule has 3 atom stereocenters. The highest BCUT2D eigenvalue weighted by molar-refractivity contribution is 5.77. The van der Waals surface area contributed by atoms with E-state index in [0.717, 1.165) is 0 Å². The number of rotatable bonds is 1. The van der Waals surface area contributed by atoms with Gasteiger partial charge in [-0.1, -0.05) is 6.92 Å². The monoisotopic (exact) mass is 186 g/mol. The molecule has 13 heavy (non-hydrogen) atoms. The van der Waals surface area contributed by atoms with Crippen molar-refractivity contribution in [3.8, 4) is 0 Å². The maximum absolute atomic E-state index is 11.0. The summed E-state index contributed by atoms with van der Waals surface area (Å²) in [6, 6.07) is -0.902. The van der Waals surface area contributed by atoms with Gasteiger partial charge in [-0.05, 0) is 6.92 Å². The van der Waals surface area contributed by atoms with Crippen molar-refractivity contribution < 1.29 is 9.59 Å². The Kier molecular flexibility index (Phi) is 2.60. The van der Waals surface area contributed by atoms with Gasteiger partial charge in [0, 0.05) is 12.0 Å². The van der Waals surface area contributed by atoms with Gasteiger partial charge in [0.15, 0.2) is 0 Å². The average Bonchev–Trinajstić information content (AvgIpc) is 1.98. The highest BCUT2D eigenvalue weighted by Crippen LogP contribution is 2.10. The number of primary amides is 1. The largest absolute Gasteiger partial charge is 0.352 e. The standard InChI is InChI=1S/C7H14N4O2/c1-3-4(2)9-7(13)11-5(3)10-6(8)12/h3-5H,1-2H3,(H3,8,10,12)(H2,9,11,13). The van der Waals surface area contributed by atoms with Crippen LogP contribution in [0.4, 0.5) is 9.59 Å². The first-order chi connectivity index (χ1) is 6.00. The minimum atomic E-state index is -0.633. The van der Waals surface area contributed by atoms with E-state index in [4.69, 9.17) is 5.73 Å². The number of nitrogens with two attached hydrogens (primary N) is 1. The van der Waals surface area contributed by atoms with Crippen LogP contribution in [0.5, 0.6) is 0 Å². The highest BCUT2D eigenvalue weighted by Gasteiger charge is 2.30. The van der Waals surface area contributed by atoms with E-state index in [9.17, 15) is 9.59 Å². The van der Waals surface area contributed by atoms with E-state index in [1.54, 1.807) is 0 Å². The summed E-state index contributed by atoms with van der Waals surface area (Å²) in [7, 11) is 0. The third-order valence-corrected chi connectivity index (χ3v) is 2.26. The second-order valence-electron chi connectivity index (χ2n) is 3.25. The first-order valence-electron chi connectivity index (χ1n) is 4.13. The van der Waals surface area contributed by atoms with E-state index < -0.39 is 6.03 Å². The summed E-state index contributed by atoms with van der Waals surface area (Å²) in [6.07, 6.45) is -0.388. The number of hydrogen-bond donors (Lipinski definition) is 4. The fraction of sp³-hybridized carbons (Fsp3) is 0.714. The van der Waals surface area contributed by atoms with Crippen molar-refractivity contribution in [2.75, 3.05) is 0 Å². The van der Waals surface area contributed by atoms with Crippen molar-refractivity contribution in [3.63, 3.8) is 0 Å². The molecule has 0 bridgehead atoms. The van der Waals surface area contributed by atoms with Crippen molar-refractivity contribution in [2.24, 2.45) is 11.7 Å². The van der Waals surface area contributed by atoms with Gasteiger partial charge >= 0.3 is 12.1 Å². The molecule has 0 radical (unpaired) electrons. The Morgan fingerprint density at radius 3 is 2.62 bits per heavy atom. The molecule has 6 heteroatoms. The first kappa shape index (κ1) is 9.63. The summed E-state index contributed by atoms with van der Waals surface area (Å²) in [5, 5.41) is 7.72. The summed E-state index contributed by atoms with van der Waals surface area (Å²) < 4.78 is 0. The van der Waals surface area contributed by atoms with Crippen LogP contribution in [0.3, 0.4) is 0 Å². The lowest BCUT2D eigenvalue weighted by atomic mass is 9.98. The minimum absolute atomic E-state index is 0.0191. The van der Waals surface area contributed by atoms with Crippen LogP contribution in [-0.4, -0.2) is 24.3 Å². The summed E-state index contributed by atoms with van der Waals surface area (Å²) >= 11 is 0. The third kappa shape index (κ3) is 2.24. The van der Waals surface area contributed by atoms with Crippen LogP contribution >= 0.6 is 0 Å². The second-order valence-corrected chi connectivity index (χ2v) is 3.25. The van der Waals surface area contributed by atoms with Gasteiger partial charge in [0.05, 0.1) is 0 Å². The van der Waals surface area contributed by atoms with Gasteiger partial charge in [0.25, 0.3) is 0 Å². The van der Waals surface area contributed by atoms with Crippen molar-refractivity contribution in [1.29, 1.82) is 0 Å². The number of nitrogens with one attached hydrogen (secondary N) is 3. The summed E-state index contributed by atoms with van der Waals surface area (Å²) in [6.45, 7) is 3.79. The van der Waals surface area contributed by atoms with Crippen LogP contribution < -0.4 is 21.7 Å². The average molecular weight is 186 g/mol. The molecule has 3 unspecified atom stereocenters. The summed E-state index contributed by atoms with van der Waals surface area (Å²) in [4.78, 5) is 21.6. The quantitative estimate of drug-likeness (QED) is 0.436. The molecule has 1 rings (SSSR count). The molecule has 1 aliphatic rings. The van der Waals surface area contributed by atoms with Gasteiger partial charge in [-0.25, -0.2) is 9.59 Å². The van der Waals surface area contributed by atoms with Gasteiger partial charge in [-0.2, -0.15) is 0 Å². The van der Waals surface area contributed by atoms with Crippen LogP contribution in [0.15, 0.2) is 0 Å². The first-order valence-corrected chi connectivity index (χ1v) is 4.13. The number of carbonyl (C=O) groups excluding carboxylic acids is 2. The molecule has 0 aliphatic carbocycles. The number of urea groups is 2. The minimum Gasteiger partial charge on any atom is -0.352 e. The predicted octanol–water partition coefficient (Wildman–Crippen LogP) is -0.682. The molecule has 1 aliphatic heterocycles.